The van der Waals surface area contributed by atoms with Crippen molar-refractivity contribution in [2.75, 3.05) is 19.6 Å². The lowest BCUT2D eigenvalue weighted by atomic mass is 9.95. The monoisotopic (exact) mass is 242 g/mol. The fourth-order valence-corrected chi connectivity index (χ4v) is 2.12. The number of hydrogen-bond acceptors (Lipinski definition) is 3. The largest absolute Gasteiger partial charge is 0.480 e. The van der Waals surface area contributed by atoms with Gasteiger partial charge in [-0.15, -0.1) is 0 Å². The van der Waals surface area contributed by atoms with Crippen LogP contribution in [-0.4, -0.2) is 47.2 Å². The molecule has 4 heteroatoms. The summed E-state index contributed by atoms with van der Waals surface area (Å²) < 4.78 is 0. The third-order valence-electron chi connectivity index (χ3n) is 3.62. The molecule has 1 fully saturated rings. The predicted molar refractivity (Wildman–Crippen MR) is 69.2 cm³/mol. The van der Waals surface area contributed by atoms with Crippen LogP contribution < -0.4 is 5.32 Å². The van der Waals surface area contributed by atoms with Gasteiger partial charge in [0.2, 0.25) is 0 Å². The smallest absolute Gasteiger partial charge is 0.323 e. The first kappa shape index (κ1) is 14.5. The molecule has 4 nitrogen and oxygen atoms in total. The van der Waals surface area contributed by atoms with E-state index in [1.807, 2.05) is 6.92 Å². The molecule has 0 radical (unpaired) electrons. The first-order valence-electron chi connectivity index (χ1n) is 6.75. The summed E-state index contributed by atoms with van der Waals surface area (Å²) in [6.07, 6.45) is 3.89. The van der Waals surface area contributed by atoms with E-state index in [4.69, 9.17) is 0 Å². The van der Waals surface area contributed by atoms with E-state index in [9.17, 15) is 9.90 Å². The van der Waals surface area contributed by atoms with E-state index in [1.165, 1.54) is 0 Å². The van der Waals surface area contributed by atoms with Gasteiger partial charge in [0.15, 0.2) is 0 Å². The van der Waals surface area contributed by atoms with E-state index in [-0.39, 0.29) is 0 Å². The van der Waals surface area contributed by atoms with Gasteiger partial charge in [-0.2, -0.15) is 0 Å². The van der Waals surface area contributed by atoms with Crippen molar-refractivity contribution < 1.29 is 9.90 Å². The highest BCUT2D eigenvalue weighted by atomic mass is 16.4. The standard InChI is InChI=1S/C13H26N2O2/c1-4-15(5-2)10-6-9-13(3,12(16)17)14-11-7-8-11/h11,14H,4-10H2,1-3H3,(H,16,17). The van der Waals surface area contributed by atoms with Crippen molar-refractivity contribution in [1.82, 2.24) is 10.2 Å². The summed E-state index contributed by atoms with van der Waals surface area (Å²) in [5, 5.41) is 12.6. The fraction of sp³-hybridized carbons (Fsp3) is 0.923. The second-order valence-electron chi connectivity index (χ2n) is 5.19. The molecule has 1 aliphatic rings. The Morgan fingerprint density at radius 2 is 2.00 bits per heavy atom. The third kappa shape index (κ3) is 4.64. The zero-order valence-corrected chi connectivity index (χ0v) is 11.3. The summed E-state index contributed by atoms with van der Waals surface area (Å²) in [5.41, 5.74) is -0.742. The van der Waals surface area contributed by atoms with Crippen molar-refractivity contribution in [3.8, 4) is 0 Å². The predicted octanol–water partition coefficient (Wildman–Crippen LogP) is 1.70. The van der Waals surface area contributed by atoms with Crippen molar-refractivity contribution in [3.63, 3.8) is 0 Å². The summed E-state index contributed by atoms with van der Waals surface area (Å²) in [4.78, 5) is 13.7. The lowest BCUT2D eigenvalue weighted by molar-refractivity contribution is -0.144. The minimum atomic E-state index is -0.742. The minimum Gasteiger partial charge on any atom is -0.480 e. The molecule has 0 amide bonds. The SMILES string of the molecule is CCN(CC)CCCC(C)(NC1CC1)C(=O)O. The van der Waals surface area contributed by atoms with Crippen LogP contribution in [-0.2, 0) is 4.79 Å². The molecule has 1 saturated carbocycles. The van der Waals surface area contributed by atoms with E-state index in [1.54, 1.807) is 0 Å². The van der Waals surface area contributed by atoms with Crippen molar-refractivity contribution in [3.05, 3.63) is 0 Å². The van der Waals surface area contributed by atoms with Crippen LogP contribution in [0.3, 0.4) is 0 Å². The highest BCUT2D eigenvalue weighted by molar-refractivity contribution is 5.78. The molecule has 1 aliphatic carbocycles. The zero-order chi connectivity index (χ0) is 12.9. The van der Waals surface area contributed by atoms with Crippen LogP contribution >= 0.6 is 0 Å². The Hall–Kier alpha value is -0.610. The molecule has 0 saturated heterocycles. The molecule has 0 spiro atoms. The number of nitrogens with zero attached hydrogens (tertiary/aromatic N) is 1. The summed E-state index contributed by atoms with van der Waals surface area (Å²) in [6, 6.07) is 0.435. The Morgan fingerprint density at radius 3 is 2.41 bits per heavy atom. The van der Waals surface area contributed by atoms with Crippen LogP contribution in [0.4, 0.5) is 0 Å². The van der Waals surface area contributed by atoms with Crippen LogP contribution in [0.5, 0.6) is 0 Å². The highest BCUT2D eigenvalue weighted by Gasteiger charge is 2.37. The molecular weight excluding hydrogens is 216 g/mol. The van der Waals surface area contributed by atoms with Gasteiger partial charge in [0, 0.05) is 6.04 Å². The van der Waals surface area contributed by atoms with E-state index in [0.717, 1.165) is 38.9 Å². The Kier molecular flexibility index (Phi) is 5.40. The molecular formula is C13H26N2O2. The summed E-state index contributed by atoms with van der Waals surface area (Å²) >= 11 is 0. The zero-order valence-electron chi connectivity index (χ0n) is 11.3. The van der Waals surface area contributed by atoms with Crippen molar-refractivity contribution in [1.29, 1.82) is 0 Å². The maximum Gasteiger partial charge on any atom is 0.323 e. The molecule has 2 N–H and O–H groups in total. The average molecular weight is 242 g/mol. The first-order valence-corrected chi connectivity index (χ1v) is 6.75. The van der Waals surface area contributed by atoms with Gasteiger partial charge in [-0.25, -0.2) is 0 Å². The van der Waals surface area contributed by atoms with Gasteiger partial charge in [-0.1, -0.05) is 13.8 Å². The number of carboxylic acid groups (broad SMARTS) is 1. The van der Waals surface area contributed by atoms with Crippen molar-refractivity contribution in [2.45, 2.75) is 58.0 Å². The van der Waals surface area contributed by atoms with E-state index < -0.39 is 11.5 Å². The molecule has 0 aromatic carbocycles. The van der Waals surface area contributed by atoms with E-state index >= 15 is 0 Å². The van der Waals surface area contributed by atoms with Crippen LogP contribution in [0.2, 0.25) is 0 Å². The normalized spacial score (nSPS) is 19.3. The van der Waals surface area contributed by atoms with Gasteiger partial charge < -0.3 is 10.0 Å². The van der Waals surface area contributed by atoms with Crippen molar-refractivity contribution >= 4 is 5.97 Å². The van der Waals surface area contributed by atoms with Crippen LogP contribution in [0.25, 0.3) is 0 Å². The minimum absolute atomic E-state index is 0.435. The molecule has 0 aliphatic heterocycles. The number of carboxylic acids is 1. The van der Waals surface area contributed by atoms with Crippen LogP contribution in [0.1, 0.15) is 46.5 Å². The summed E-state index contributed by atoms with van der Waals surface area (Å²) in [5.74, 6) is -0.719. The molecule has 0 heterocycles. The summed E-state index contributed by atoms with van der Waals surface area (Å²) in [6.45, 7) is 9.16. The molecule has 1 rings (SSSR count). The Morgan fingerprint density at radius 1 is 1.41 bits per heavy atom. The van der Waals surface area contributed by atoms with Gasteiger partial charge in [-0.3, -0.25) is 10.1 Å². The van der Waals surface area contributed by atoms with Crippen molar-refractivity contribution in [2.24, 2.45) is 0 Å². The van der Waals surface area contributed by atoms with Gasteiger partial charge in [-0.05, 0) is 52.2 Å². The van der Waals surface area contributed by atoms with Gasteiger partial charge in [0.1, 0.15) is 5.54 Å². The Balaban J connectivity index is 2.35. The Labute approximate surface area is 104 Å². The topological polar surface area (TPSA) is 52.6 Å². The van der Waals surface area contributed by atoms with Crippen LogP contribution in [0, 0.1) is 0 Å². The quantitative estimate of drug-likeness (QED) is 0.646. The lowest BCUT2D eigenvalue weighted by Gasteiger charge is -2.27. The highest BCUT2D eigenvalue weighted by Crippen LogP contribution is 2.25. The molecule has 1 unspecified atom stereocenters. The average Bonchev–Trinajstić information content (AvgIpc) is 3.08. The number of rotatable bonds is 9. The van der Waals surface area contributed by atoms with Gasteiger partial charge >= 0.3 is 5.97 Å². The lowest BCUT2D eigenvalue weighted by Crippen LogP contribution is -2.50. The third-order valence-corrected chi connectivity index (χ3v) is 3.62. The summed E-state index contributed by atoms with van der Waals surface area (Å²) in [7, 11) is 0. The van der Waals surface area contributed by atoms with Crippen LogP contribution in [0.15, 0.2) is 0 Å². The molecule has 0 bridgehead atoms. The molecule has 0 aromatic rings. The molecule has 17 heavy (non-hydrogen) atoms. The first-order chi connectivity index (χ1) is 8.01. The van der Waals surface area contributed by atoms with Gasteiger partial charge in [0.25, 0.3) is 0 Å². The molecule has 100 valence electrons. The number of nitrogens with one attached hydrogen (secondary N) is 1. The van der Waals surface area contributed by atoms with E-state index in [0.29, 0.717) is 12.5 Å². The molecule has 1 atom stereocenters. The maximum absolute atomic E-state index is 11.3. The number of hydrogen-bond donors (Lipinski definition) is 2. The second-order valence-corrected chi connectivity index (χ2v) is 5.19. The number of carbonyl (C=O) groups is 1. The fourth-order valence-electron chi connectivity index (χ4n) is 2.12. The van der Waals surface area contributed by atoms with E-state index in [2.05, 4.69) is 24.1 Å². The molecule has 0 aromatic heterocycles. The maximum atomic E-state index is 11.3. The van der Waals surface area contributed by atoms with Gasteiger partial charge in [0.05, 0.1) is 0 Å². The Bertz CT molecular complexity index is 250. The number of aliphatic carboxylic acids is 1. The second kappa shape index (κ2) is 6.36.